The van der Waals surface area contributed by atoms with E-state index in [-0.39, 0.29) is 0 Å². The fourth-order valence-corrected chi connectivity index (χ4v) is 4.30. The number of aromatic nitrogens is 3. The highest BCUT2D eigenvalue weighted by atomic mass is 32.1. The Balaban J connectivity index is 1.53. The van der Waals surface area contributed by atoms with Crippen molar-refractivity contribution in [3.05, 3.63) is 22.8 Å². The zero-order valence-corrected chi connectivity index (χ0v) is 17.6. The van der Waals surface area contributed by atoms with E-state index in [4.69, 9.17) is 4.52 Å². The minimum atomic E-state index is 0.308. The number of nitrogens with one attached hydrogen (secondary N) is 1. The Hall–Kier alpha value is -2.16. The fraction of sp³-hybridized carbons (Fsp3) is 0.667. The van der Waals surface area contributed by atoms with Crippen molar-refractivity contribution in [2.75, 3.05) is 44.7 Å². The van der Waals surface area contributed by atoms with Gasteiger partial charge in [-0.2, -0.15) is 4.37 Å². The van der Waals surface area contributed by atoms with Gasteiger partial charge in [0.05, 0.1) is 5.69 Å². The first-order valence-electron chi connectivity index (χ1n) is 9.49. The number of rotatable bonds is 5. The first-order valence-corrected chi connectivity index (χ1v) is 10.3. The van der Waals surface area contributed by atoms with Crippen LogP contribution in [0.1, 0.15) is 42.6 Å². The first kappa shape index (κ1) is 19.6. The predicted octanol–water partition coefficient (Wildman–Crippen LogP) is 2.21. The summed E-state index contributed by atoms with van der Waals surface area (Å²) >= 11 is 1.50. The van der Waals surface area contributed by atoms with Crippen molar-refractivity contribution >= 4 is 22.6 Å². The third-order valence-electron chi connectivity index (χ3n) is 4.98. The summed E-state index contributed by atoms with van der Waals surface area (Å²) in [5.41, 5.74) is 2.15. The summed E-state index contributed by atoms with van der Waals surface area (Å²) in [6.07, 6.45) is 0.885. The lowest BCUT2D eigenvalue weighted by molar-refractivity contribution is 0.371. The van der Waals surface area contributed by atoms with Gasteiger partial charge in [0.1, 0.15) is 11.6 Å². The van der Waals surface area contributed by atoms with Gasteiger partial charge in [-0.3, -0.25) is 4.99 Å². The molecule has 3 heterocycles. The van der Waals surface area contributed by atoms with Crippen molar-refractivity contribution in [2.24, 2.45) is 4.99 Å². The summed E-state index contributed by atoms with van der Waals surface area (Å²) in [6.45, 7) is 12.7. The lowest BCUT2D eigenvalue weighted by Crippen LogP contribution is -2.53. The monoisotopic (exact) mass is 391 g/mol. The Labute approximate surface area is 164 Å². The summed E-state index contributed by atoms with van der Waals surface area (Å²) in [5.74, 6) is 3.08. The summed E-state index contributed by atoms with van der Waals surface area (Å²) in [6, 6.07) is 0. The molecule has 1 aliphatic rings. The van der Waals surface area contributed by atoms with Crippen LogP contribution in [0.2, 0.25) is 0 Å². The number of anilines is 1. The number of aliphatic imine (C=N–C) groups is 1. The van der Waals surface area contributed by atoms with E-state index in [0.717, 1.165) is 67.5 Å². The van der Waals surface area contributed by atoms with Crippen LogP contribution in [0.25, 0.3) is 0 Å². The second-order valence-electron chi connectivity index (χ2n) is 6.89. The molecule has 1 N–H and O–H groups in total. The number of guanidine groups is 1. The van der Waals surface area contributed by atoms with Gasteiger partial charge >= 0.3 is 0 Å². The van der Waals surface area contributed by atoms with Gasteiger partial charge in [0.25, 0.3) is 0 Å². The molecule has 9 heteroatoms. The van der Waals surface area contributed by atoms with E-state index in [1.54, 1.807) is 0 Å². The van der Waals surface area contributed by atoms with Crippen molar-refractivity contribution in [2.45, 2.75) is 40.0 Å². The van der Waals surface area contributed by atoms with Gasteiger partial charge in [-0.15, -0.1) is 0 Å². The summed E-state index contributed by atoms with van der Waals surface area (Å²) < 4.78 is 9.69. The minimum Gasteiger partial charge on any atom is -0.361 e. The van der Waals surface area contributed by atoms with Crippen molar-refractivity contribution < 1.29 is 4.52 Å². The van der Waals surface area contributed by atoms with Gasteiger partial charge in [-0.05, 0) is 13.8 Å². The second-order valence-corrected chi connectivity index (χ2v) is 7.62. The Kier molecular flexibility index (Phi) is 6.30. The quantitative estimate of drug-likeness (QED) is 0.618. The van der Waals surface area contributed by atoms with Crippen LogP contribution in [-0.4, -0.2) is 65.1 Å². The van der Waals surface area contributed by atoms with Crippen LogP contribution in [0.4, 0.5) is 5.13 Å². The Morgan fingerprint density at radius 3 is 2.59 bits per heavy atom. The van der Waals surface area contributed by atoms with Crippen molar-refractivity contribution in [3.63, 3.8) is 0 Å². The minimum absolute atomic E-state index is 0.308. The molecule has 1 fully saturated rings. The first-order chi connectivity index (χ1) is 13.0. The summed E-state index contributed by atoms with van der Waals surface area (Å²) in [4.78, 5) is 13.7. The van der Waals surface area contributed by atoms with Crippen LogP contribution in [0.3, 0.4) is 0 Å². The van der Waals surface area contributed by atoms with Gasteiger partial charge in [0.2, 0.25) is 5.13 Å². The van der Waals surface area contributed by atoms with Gasteiger partial charge in [0, 0.05) is 69.2 Å². The smallest absolute Gasteiger partial charge is 0.205 e. The molecule has 2 aromatic rings. The molecule has 2 aromatic heterocycles. The SMILES string of the molecule is CCc1nsc(N2CCN(C(=NC)NCC(C)c3c(C)noc3C)CC2)n1. The molecular formula is C18H29N7OS. The maximum Gasteiger partial charge on any atom is 0.205 e. The third-order valence-corrected chi connectivity index (χ3v) is 5.80. The van der Waals surface area contributed by atoms with E-state index < -0.39 is 0 Å². The molecule has 0 aromatic carbocycles. The number of nitrogens with zero attached hydrogens (tertiary/aromatic N) is 6. The molecule has 1 aliphatic heterocycles. The molecule has 0 aliphatic carbocycles. The van der Waals surface area contributed by atoms with Gasteiger partial charge in [0.15, 0.2) is 5.96 Å². The van der Waals surface area contributed by atoms with Crippen LogP contribution < -0.4 is 10.2 Å². The molecule has 8 nitrogen and oxygen atoms in total. The molecule has 0 saturated carbocycles. The lowest BCUT2D eigenvalue weighted by atomic mass is 10.00. The van der Waals surface area contributed by atoms with E-state index >= 15 is 0 Å². The summed E-state index contributed by atoms with van der Waals surface area (Å²) in [7, 11) is 1.84. The average molecular weight is 392 g/mol. The Morgan fingerprint density at radius 1 is 1.30 bits per heavy atom. The molecule has 1 saturated heterocycles. The molecule has 27 heavy (non-hydrogen) atoms. The molecule has 0 spiro atoms. The van der Waals surface area contributed by atoms with Crippen LogP contribution in [-0.2, 0) is 6.42 Å². The van der Waals surface area contributed by atoms with Gasteiger partial charge in [-0.25, -0.2) is 4.98 Å². The highest BCUT2D eigenvalue weighted by Gasteiger charge is 2.23. The van der Waals surface area contributed by atoms with Crippen molar-refractivity contribution in [1.29, 1.82) is 0 Å². The molecule has 1 unspecified atom stereocenters. The number of hydrogen-bond acceptors (Lipinski definition) is 7. The lowest BCUT2D eigenvalue weighted by Gasteiger charge is -2.36. The molecule has 0 bridgehead atoms. The largest absolute Gasteiger partial charge is 0.361 e. The zero-order chi connectivity index (χ0) is 19.4. The molecule has 1 atom stereocenters. The fourth-order valence-electron chi connectivity index (χ4n) is 3.50. The van der Waals surface area contributed by atoms with Crippen LogP contribution in [0, 0.1) is 13.8 Å². The summed E-state index contributed by atoms with van der Waals surface area (Å²) in [5, 5.41) is 8.60. The normalized spacial score (nSPS) is 16.7. The highest BCUT2D eigenvalue weighted by Crippen LogP contribution is 2.22. The Morgan fingerprint density at radius 2 is 2.04 bits per heavy atom. The highest BCUT2D eigenvalue weighted by molar-refractivity contribution is 7.09. The predicted molar refractivity (Wildman–Crippen MR) is 109 cm³/mol. The van der Waals surface area contributed by atoms with E-state index in [1.165, 1.54) is 17.1 Å². The van der Waals surface area contributed by atoms with E-state index in [0.29, 0.717) is 5.92 Å². The van der Waals surface area contributed by atoms with Crippen LogP contribution in [0.5, 0.6) is 0 Å². The van der Waals surface area contributed by atoms with E-state index in [2.05, 4.69) is 48.5 Å². The molecule has 3 rings (SSSR count). The molecule has 148 valence electrons. The molecular weight excluding hydrogens is 362 g/mol. The standard InChI is InChI=1S/C18H29N7OS/c1-6-15-21-18(27-23-15)25-9-7-24(8-10-25)17(19-5)20-11-12(2)16-13(3)22-26-14(16)4/h12H,6-11H2,1-5H3,(H,19,20). The maximum atomic E-state index is 5.30. The molecule has 0 amide bonds. The van der Waals surface area contributed by atoms with Gasteiger partial charge < -0.3 is 19.6 Å². The van der Waals surface area contributed by atoms with Crippen molar-refractivity contribution in [1.82, 2.24) is 24.7 Å². The van der Waals surface area contributed by atoms with Crippen LogP contribution >= 0.6 is 11.5 Å². The molecule has 0 radical (unpaired) electrons. The van der Waals surface area contributed by atoms with Crippen molar-refractivity contribution in [3.8, 4) is 0 Å². The maximum absolute atomic E-state index is 5.30. The number of hydrogen-bond donors (Lipinski definition) is 1. The third kappa shape index (κ3) is 4.40. The average Bonchev–Trinajstić information content (AvgIpc) is 3.29. The van der Waals surface area contributed by atoms with Crippen LogP contribution in [0.15, 0.2) is 9.52 Å². The number of piperazine rings is 1. The number of aryl methyl sites for hydroxylation is 3. The zero-order valence-electron chi connectivity index (χ0n) is 16.8. The second kappa shape index (κ2) is 8.69. The van der Waals surface area contributed by atoms with E-state index in [9.17, 15) is 0 Å². The Bertz CT molecular complexity index is 757. The van der Waals surface area contributed by atoms with Gasteiger partial charge in [-0.1, -0.05) is 19.0 Å². The topological polar surface area (TPSA) is 82.7 Å². The van der Waals surface area contributed by atoms with E-state index in [1.807, 2.05) is 20.9 Å².